The monoisotopic (exact) mass is 256 g/mol. The molecule has 0 aromatic rings. The van der Waals surface area contributed by atoms with Crippen molar-refractivity contribution < 1.29 is 4.74 Å². The Morgan fingerprint density at radius 1 is 1.28 bits per heavy atom. The molecule has 1 saturated heterocycles. The highest BCUT2D eigenvalue weighted by Crippen LogP contribution is 2.19. The highest BCUT2D eigenvalue weighted by Gasteiger charge is 2.26. The zero-order valence-corrected chi connectivity index (χ0v) is 12.9. The fraction of sp³-hybridized carbons (Fsp3) is 1.00. The molecule has 3 atom stereocenters. The molecule has 3 heteroatoms. The van der Waals surface area contributed by atoms with Crippen molar-refractivity contribution in [1.29, 1.82) is 0 Å². The van der Waals surface area contributed by atoms with Gasteiger partial charge in [0.05, 0.1) is 6.10 Å². The van der Waals surface area contributed by atoms with E-state index in [1.165, 1.54) is 19.4 Å². The third-order valence-corrected chi connectivity index (χ3v) is 4.06. The molecule has 1 rings (SSSR count). The molecule has 0 aliphatic carbocycles. The molecule has 3 nitrogen and oxygen atoms in total. The fourth-order valence-electron chi connectivity index (χ4n) is 2.66. The van der Waals surface area contributed by atoms with E-state index in [-0.39, 0.29) is 0 Å². The van der Waals surface area contributed by atoms with Crippen LogP contribution in [-0.4, -0.2) is 49.3 Å². The quantitative estimate of drug-likeness (QED) is 0.757. The van der Waals surface area contributed by atoms with Gasteiger partial charge < -0.3 is 10.1 Å². The second kappa shape index (κ2) is 8.13. The van der Waals surface area contributed by atoms with Gasteiger partial charge in [-0.2, -0.15) is 0 Å². The Bertz CT molecular complexity index is 219. The molecule has 0 saturated carbocycles. The molecule has 1 aliphatic rings. The molecule has 18 heavy (non-hydrogen) atoms. The lowest BCUT2D eigenvalue weighted by Crippen LogP contribution is -2.48. The minimum absolute atomic E-state index is 0.455. The summed E-state index contributed by atoms with van der Waals surface area (Å²) in [5.74, 6) is 0.688. The van der Waals surface area contributed by atoms with Gasteiger partial charge in [-0.25, -0.2) is 0 Å². The highest BCUT2D eigenvalue weighted by atomic mass is 16.5. The van der Waals surface area contributed by atoms with Crippen molar-refractivity contribution in [3.8, 4) is 0 Å². The Balaban J connectivity index is 2.37. The van der Waals surface area contributed by atoms with Crippen molar-refractivity contribution in [2.24, 2.45) is 5.92 Å². The Morgan fingerprint density at radius 2 is 2.00 bits per heavy atom. The first-order valence-corrected chi connectivity index (χ1v) is 7.63. The van der Waals surface area contributed by atoms with E-state index in [0.29, 0.717) is 24.1 Å². The van der Waals surface area contributed by atoms with E-state index in [9.17, 15) is 0 Å². The van der Waals surface area contributed by atoms with E-state index >= 15 is 0 Å². The third kappa shape index (κ3) is 5.25. The Hall–Kier alpha value is -0.120. The summed E-state index contributed by atoms with van der Waals surface area (Å²) in [7, 11) is 0. The van der Waals surface area contributed by atoms with Crippen LogP contribution in [0.1, 0.15) is 47.5 Å². The van der Waals surface area contributed by atoms with E-state index in [0.717, 1.165) is 19.7 Å². The topological polar surface area (TPSA) is 24.5 Å². The van der Waals surface area contributed by atoms with Crippen LogP contribution >= 0.6 is 0 Å². The SMILES string of the molecule is CCOC1CCCN(C(C)C(C)CNC(C)C)C1. The van der Waals surface area contributed by atoms with Gasteiger partial charge in [-0.15, -0.1) is 0 Å². The second-order valence-electron chi connectivity index (χ2n) is 6.00. The van der Waals surface area contributed by atoms with Gasteiger partial charge in [0.2, 0.25) is 0 Å². The number of hydrogen-bond acceptors (Lipinski definition) is 3. The van der Waals surface area contributed by atoms with E-state index in [1.807, 2.05) is 0 Å². The standard InChI is InChI=1S/C15H32N2O/c1-6-18-15-8-7-9-17(11-15)14(5)13(4)10-16-12(2)3/h12-16H,6-11H2,1-5H3. The largest absolute Gasteiger partial charge is 0.377 e. The first kappa shape index (κ1) is 15.9. The Morgan fingerprint density at radius 3 is 2.61 bits per heavy atom. The first-order valence-electron chi connectivity index (χ1n) is 7.63. The fourth-order valence-corrected chi connectivity index (χ4v) is 2.66. The number of likely N-dealkylation sites (tertiary alicyclic amines) is 1. The van der Waals surface area contributed by atoms with Crippen molar-refractivity contribution in [1.82, 2.24) is 10.2 Å². The lowest BCUT2D eigenvalue weighted by atomic mass is 9.98. The molecule has 0 amide bonds. The summed E-state index contributed by atoms with van der Waals surface area (Å²) in [4.78, 5) is 2.61. The number of rotatable bonds is 7. The number of piperidine rings is 1. The summed E-state index contributed by atoms with van der Waals surface area (Å²) in [5.41, 5.74) is 0. The summed E-state index contributed by atoms with van der Waals surface area (Å²) >= 11 is 0. The lowest BCUT2D eigenvalue weighted by Gasteiger charge is -2.39. The summed E-state index contributed by atoms with van der Waals surface area (Å²) < 4.78 is 5.78. The summed E-state index contributed by atoms with van der Waals surface area (Å²) in [5, 5.41) is 3.54. The molecular formula is C15H32N2O. The molecule has 1 heterocycles. The van der Waals surface area contributed by atoms with E-state index in [4.69, 9.17) is 4.74 Å². The lowest BCUT2D eigenvalue weighted by molar-refractivity contribution is -0.0121. The summed E-state index contributed by atoms with van der Waals surface area (Å²) in [6.07, 6.45) is 2.96. The van der Waals surface area contributed by atoms with Gasteiger partial charge in [-0.3, -0.25) is 4.90 Å². The van der Waals surface area contributed by atoms with Crippen molar-refractivity contribution in [3.05, 3.63) is 0 Å². The predicted octanol–water partition coefficient (Wildman–Crippen LogP) is 2.51. The summed E-state index contributed by atoms with van der Waals surface area (Å²) in [6, 6.07) is 1.22. The van der Waals surface area contributed by atoms with Crippen LogP contribution in [0.3, 0.4) is 0 Å². The van der Waals surface area contributed by atoms with Crippen molar-refractivity contribution in [2.45, 2.75) is 65.6 Å². The van der Waals surface area contributed by atoms with Crippen LogP contribution < -0.4 is 5.32 Å². The molecule has 1 aliphatic heterocycles. The van der Waals surface area contributed by atoms with Gasteiger partial charge in [0.25, 0.3) is 0 Å². The minimum Gasteiger partial charge on any atom is -0.377 e. The molecule has 3 unspecified atom stereocenters. The molecular weight excluding hydrogens is 224 g/mol. The van der Waals surface area contributed by atoms with Crippen LogP contribution in [0.25, 0.3) is 0 Å². The number of ether oxygens (including phenoxy) is 1. The van der Waals surface area contributed by atoms with Crippen molar-refractivity contribution >= 4 is 0 Å². The van der Waals surface area contributed by atoms with Crippen LogP contribution in [0.5, 0.6) is 0 Å². The maximum Gasteiger partial charge on any atom is 0.0702 e. The first-order chi connectivity index (χ1) is 8.54. The van der Waals surface area contributed by atoms with Gasteiger partial charge in [0.15, 0.2) is 0 Å². The zero-order valence-electron chi connectivity index (χ0n) is 12.9. The van der Waals surface area contributed by atoms with Gasteiger partial charge >= 0.3 is 0 Å². The number of hydrogen-bond donors (Lipinski definition) is 1. The summed E-state index contributed by atoms with van der Waals surface area (Å²) in [6.45, 7) is 15.5. The van der Waals surface area contributed by atoms with Crippen LogP contribution in [0, 0.1) is 5.92 Å². The van der Waals surface area contributed by atoms with Crippen molar-refractivity contribution in [3.63, 3.8) is 0 Å². The van der Waals surface area contributed by atoms with E-state index in [1.54, 1.807) is 0 Å². The Labute approximate surface area is 113 Å². The van der Waals surface area contributed by atoms with Gasteiger partial charge in [0.1, 0.15) is 0 Å². The Kier molecular flexibility index (Phi) is 7.20. The predicted molar refractivity (Wildman–Crippen MR) is 78.0 cm³/mol. The molecule has 0 bridgehead atoms. The molecule has 0 spiro atoms. The second-order valence-corrected chi connectivity index (χ2v) is 6.00. The molecule has 0 aromatic carbocycles. The van der Waals surface area contributed by atoms with Gasteiger partial charge in [0, 0.05) is 25.2 Å². The third-order valence-electron chi connectivity index (χ3n) is 4.06. The molecule has 1 N–H and O–H groups in total. The number of nitrogens with one attached hydrogen (secondary N) is 1. The highest BCUT2D eigenvalue weighted by molar-refractivity contribution is 4.81. The average Bonchev–Trinajstić information content (AvgIpc) is 2.35. The maximum atomic E-state index is 5.78. The van der Waals surface area contributed by atoms with E-state index in [2.05, 4.69) is 44.8 Å². The molecule has 1 fully saturated rings. The van der Waals surface area contributed by atoms with Crippen LogP contribution in [0.4, 0.5) is 0 Å². The van der Waals surface area contributed by atoms with Crippen LogP contribution in [-0.2, 0) is 4.74 Å². The number of nitrogens with zero attached hydrogens (tertiary/aromatic N) is 1. The maximum absolute atomic E-state index is 5.78. The van der Waals surface area contributed by atoms with Gasteiger partial charge in [-0.05, 0) is 45.7 Å². The minimum atomic E-state index is 0.455. The zero-order chi connectivity index (χ0) is 13.5. The molecule has 0 radical (unpaired) electrons. The normalized spacial score (nSPS) is 25.3. The molecule has 108 valence electrons. The molecule has 0 aromatic heterocycles. The average molecular weight is 256 g/mol. The van der Waals surface area contributed by atoms with Crippen LogP contribution in [0.2, 0.25) is 0 Å². The van der Waals surface area contributed by atoms with Gasteiger partial charge in [-0.1, -0.05) is 20.8 Å². The smallest absolute Gasteiger partial charge is 0.0702 e. The van der Waals surface area contributed by atoms with Crippen LogP contribution in [0.15, 0.2) is 0 Å². The van der Waals surface area contributed by atoms with Crippen molar-refractivity contribution in [2.75, 3.05) is 26.2 Å². The van der Waals surface area contributed by atoms with E-state index < -0.39 is 0 Å².